The van der Waals surface area contributed by atoms with Crippen molar-refractivity contribution in [3.05, 3.63) is 82.0 Å². The molecule has 0 radical (unpaired) electrons. The number of anilines is 1. The largest absolute Gasteiger partial charge is 0.365 e. The van der Waals surface area contributed by atoms with Gasteiger partial charge in [0.2, 0.25) is 0 Å². The number of nitrogens with zero attached hydrogens (tertiary/aromatic N) is 4. The smallest absolute Gasteiger partial charge is 0.261 e. The summed E-state index contributed by atoms with van der Waals surface area (Å²) < 4.78 is 40.0. The first-order valence-corrected chi connectivity index (χ1v) is 13.3. The topological polar surface area (TPSA) is 114 Å². The number of hydrogen-bond acceptors (Lipinski definition) is 4. The zero-order valence-corrected chi connectivity index (χ0v) is 21.5. The van der Waals surface area contributed by atoms with Crippen LogP contribution in [0.2, 0.25) is 0 Å². The van der Waals surface area contributed by atoms with Crippen LogP contribution >= 0.6 is 15.9 Å². The molecular weight excluding hydrogens is 549 g/mol. The van der Waals surface area contributed by atoms with Crippen molar-refractivity contribution in [3.63, 3.8) is 0 Å². The number of amides is 1. The highest BCUT2D eigenvalue weighted by Crippen LogP contribution is 2.37. The van der Waals surface area contributed by atoms with Crippen LogP contribution in [-0.4, -0.2) is 35.8 Å². The van der Waals surface area contributed by atoms with Gasteiger partial charge in [-0.05, 0) is 89.0 Å². The molecule has 3 aromatic heterocycles. The predicted octanol–water partition coefficient (Wildman–Crippen LogP) is 4.54. The SMILES string of the molecule is NC(=O)c1c(-c2ccncc2)nn2cc(N(CCc3ccc(Br)c(F)c3)S(=O)O)c(CC3CC3)cc12. The van der Waals surface area contributed by atoms with Crippen molar-refractivity contribution >= 4 is 44.3 Å². The van der Waals surface area contributed by atoms with Crippen LogP contribution in [0.15, 0.2) is 59.5 Å². The molecule has 3 heterocycles. The second kappa shape index (κ2) is 10.1. The molecule has 1 aliphatic rings. The number of benzene rings is 1. The molecule has 0 saturated heterocycles. The van der Waals surface area contributed by atoms with E-state index in [1.165, 1.54) is 14.9 Å². The number of fused-ring (bicyclic) bond motifs is 1. The Bertz CT molecular complexity index is 1480. The summed E-state index contributed by atoms with van der Waals surface area (Å²) in [6.07, 6.45) is 8.09. The van der Waals surface area contributed by atoms with Gasteiger partial charge in [-0.15, -0.1) is 0 Å². The average Bonchev–Trinajstić information content (AvgIpc) is 3.59. The lowest BCUT2D eigenvalue weighted by atomic mass is 10.0. The van der Waals surface area contributed by atoms with Gasteiger partial charge in [-0.2, -0.15) is 5.10 Å². The molecule has 0 bridgehead atoms. The second-order valence-electron chi connectivity index (χ2n) is 8.82. The maximum absolute atomic E-state index is 14.0. The Balaban J connectivity index is 1.59. The van der Waals surface area contributed by atoms with E-state index in [4.69, 9.17) is 5.73 Å². The number of hydrogen-bond donors (Lipinski definition) is 2. The van der Waals surface area contributed by atoms with Crippen LogP contribution < -0.4 is 10.0 Å². The molecule has 1 atom stereocenters. The van der Waals surface area contributed by atoms with E-state index < -0.39 is 17.2 Å². The van der Waals surface area contributed by atoms with Crippen LogP contribution in [0.4, 0.5) is 10.1 Å². The second-order valence-corrected chi connectivity index (χ2v) is 10.6. The minimum absolute atomic E-state index is 0.175. The number of nitrogens with two attached hydrogens (primary N) is 1. The molecule has 1 unspecified atom stereocenters. The van der Waals surface area contributed by atoms with Gasteiger partial charge >= 0.3 is 0 Å². The molecule has 1 aliphatic carbocycles. The van der Waals surface area contributed by atoms with Gasteiger partial charge in [-0.3, -0.25) is 18.6 Å². The van der Waals surface area contributed by atoms with Gasteiger partial charge in [0, 0.05) is 24.5 Å². The summed E-state index contributed by atoms with van der Waals surface area (Å²) in [6.45, 7) is 0.175. The number of carbonyl (C=O) groups is 1. The zero-order valence-electron chi connectivity index (χ0n) is 19.1. The van der Waals surface area contributed by atoms with E-state index in [0.717, 1.165) is 18.4 Å². The van der Waals surface area contributed by atoms with Gasteiger partial charge in [0.25, 0.3) is 17.2 Å². The summed E-state index contributed by atoms with van der Waals surface area (Å²) in [4.78, 5) is 16.5. The van der Waals surface area contributed by atoms with Gasteiger partial charge in [-0.1, -0.05) is 6.07 Å². The summed E-state index contributed by atoms with van der Waals surface area (Å²) in [6, 6.07) is 10.1. The van der Waals surface area contributed by atoms with E-state index in [-0.39, 0.29) is 17.9 Å². The minimum atomic E-state index is -2.34. The van der Waals surface area contributed by atoms with Gasteiger partial charge in [0.1, 0.15) is 11.5 Å². The predicted molar refractivity (Wildman–Crippen MR) is 139 cm³/mol. The van der Waals surface area contributed by atoms with Crippen LogP contribution in [0.25, 0.3) is 16.8 Å². The van der Waals surface area contributed by atoms with Gasteiger partial charge in [0.05, 0.1) is 27.4 Å². The van der Waals surface area contributed by atoms with E-state index in [9.17, 15) is 17.9 Å². The quantitative estimate of drug-likeness (QED) is 0.286. The fraction of sp³-hybridized carbons (Fsp3) is 0.240. The molecule has 4 aromatic rings. The Morgan fingerprint density at radius 1 is 1.25 bits per heavy atom. The third-order valence-electron chi connectivity index (χ3n) is 6.28. The summed E-state index contributed by atoms with van der Waals surface area (Å²) >= 11 is 0.806. The highest BCUT2D eigenvalue weighted by molar-refractivity contribution is 9.10. The van der Waals surface area contributed by atoms with Gasteiger partial charge < -0.3 is 5.73 Å². The normalized spacial score (nSPS) is 14.2. The summed E-state index contributed by atoms with van der Waals surface area (Å²) in [5.41, 5.74) is 9.76. The first kappa shape index (κ1) is 24.5. The number of primary amides is 1. The first-order valence-electron chi connectivity index (χ1n) is 11.4. The molecule has 1 saturated carbocycles. The molecule has 0 aliphatic heterocycles. The van der Waals surface area contributed by atoms with Crippen molar-refractivity contribution in [1.82, 2.24) is 14.6 Å². The Morgan fingerprint density at radius 2 is 2.00 bits per heavy atom. The third-order valence-corrected chi connectivity index (χ3v) is 7.68. The van der Waals surface area contributed by atoms with Crippen LogP contribution in [0.1, 0.15) is 34.3 Å². The van der Waals surface area contributed by atoms with E-state index >= 15 is 0 Å². The summed E-state index contributed by atoms with van der Waals surface area (Å²) in [7, 11) is 0. The first-order chi connectivity index (χ1) is 17.3. The zero-order chi connectivity index (χ0) is 25.4. The number of rotatable bonds is 9. The molecular formula is C25H23BrFN5O3S. The molecule has 186 valence electrons. The van der Waals surface area contributed by atoms with E-state index in [2.05, 4.69) is 26.0 Å². The van der Waals surface area contributed by atoms with Crippen molar-refractivity contribution in [2.45, 2.75) is 25.7 Å². The number of aromatic nitrogens is 3. The molecule has 36 heavy (non-hydrogen) atoms. The van der Waals surface area contributed by atoms with Crippen molar-refractivity contribution in [2.75, 3.05) is 10.8 Å². The van der Waals surface area contributed by atoms with Crippen LogP contribution in [0, 0.1) is 11.7 Å². The molecule has 3 N–H and O–H groups in total. The molecule has 0 spiro atoms. The summed E-state index contributed by atoms with van der Waals surface area (Å²) in [5.74, 6) is -0.527. The van der Waals surface area contributed by atoms with E-state index in [1.54, 1.807) is 42.9 Å². The fourth-order valence-corrected chi connectivity index (χ4v) is 5.13. The van der Waals surface area contributed by atoms with Gasteiger partial charge in [-0.25, -0.2) is 13.1 Å². The number of pyridine rings is 2. The van der Waals surface area contributed by atoms with E-state index in [0.29, 0.717) is 51.3 Å². The van der Waals surface area contributed by atoms with Crippen LogP contribution in [0.5, 0.6) is 0 Å². The van der Waals surface area contributed by atoms with Gasteiger partial charge in [0.15, 0.2) is 0 Å². The highest BCUT2D eigenvalue weighted by Gasteiger charge is 2.28. The number of halogens is 2. The fourth-order valence-electron chi connectivity index (χ4n) is 4.31. The standard InChI is InChI=1S/C25H23BrFN5O3S/c26-19-4-3-16(12-20(19)27)7-10-32(36(34)35)22-14-31-21(13-18(22)11-15-1-2-15)23(25(28)33)24(30-31)17-5-8-29-9-6-17/h3-6,8-9,12-15H,1-2,7,10-11H2,(H2,28,33)(H,34,35). The van der Waals surface area contributed by atoms with Crippen molar-refractivity contribution in [3.8, 4) is 11.3 Å². The molecule has 1 fully saturated rings. The minimum Gasteiger partial charge on any atom is -0.365 e. The van der Waals surface area contributed by atoms with Crippen molar-refractivity contribution in [1.29, 1.82) is 0 Å². The highest BCUT2D eigenvalue weighted by atomic mass is 79.9. The van der Waals surface area contributed by atoms with Crippen LogP contribution in [0.3, 0.4) is 0 Å². The Hall–Kier alpha value is -3.15. The molecule has 5 rings (SSSR count). The maximum Gasteiger partial charge on any atom is 0.261 e. The third kappa shape index (κ3) is 5.04. The van der Waals surface area contributed by atoms with E-state index in [1.807, 2.05) is 6.07 Å². The molecule has 11 heteroatoms. The monoisotopic (exact) mass is 571 g/mol. The van der Waals surface area contributed by atoms with Crippen molar-refractivity contribution < 1.29 is 17.9 Å². The summed E-state index contributed by atoms with van der Waals surface area (Å²) in [5, 5.41) is 4.61. The Morgan fingerprint density at radius 3 is 2.64 bits per heavy atom. The Kier molecular flexibility index (Phi) is 6.87. The van der Waals surface area contributed by atoms with Crippen LogP contribution in [-0.2, 0) is 24.1 Å². The average molecular weight is 572 g/mol. The van der Waals surface area contributed by atoms with Crippen molar-refractivity contribution in [2.24, 2.45) is 11.7 Å². The lowest BCUT2D eigenvalue weighted by Crippen LogP contribution is -2.29. The Labute approximate surface area is 217 Å². The maximum atomic E-state index is 14.0. The lowest BCUT2D eigenvalue weighted by molar-refractivity contribution is 0.100. The number of carbonyl (C=O) groups excluding carboxylic acids is 1. The molecule has 1 amide bonds. The lowest BCUT2D eigenvalue weighted by Gasteiger charge is -2.23. The molecule has 8 nitrogen and oxygen atoms in total. The molecule has 1 aromatic carbocycles.